The average molecular weight is 257 g/mol. The maximum atomic E-state index is 9.87. The number of aromatic nitrogens is 2. The van der Waals surface area contributed by atoms with Gasteiger partial charge in [0, 0.05) is 30.4 Å². The molecule has 0 atom stereocenters. The van der Waals surface area contributed by atoms with Crippen LogP contribution < -0.4 is 4.90 Å². The molecule has 4 nitrogen and oxygen atoms in total. The number of anilines is 1. The Labute approximate surface area is 113 Å². The van der Waals surface area contributed by atoms with Gasteiger partial charge in [-0.25, -0.2) is 9.97 Å². The minimum atomic E-state index is 0.328. The Bertz CT molecular complexity index is 542. The van der Waals surface area contributed by atoms with Crippen molar-refractivity contribution in [1.82, 2.24) is 9.97 Å². The van der Waals surface area contributed by atoms with Crippen molar-refractivity contribution in [3.8, 4) is 5.75 Å². The number of aromatic hydroxyl groups is 1. The topological polar surface area (TPSA) is 49.2 Å². The first-order chi connectivity index (χ1) is 9.20. The summed E-state index contributed by atoms with van der Waals surface area (Å²) in [4.78, 5) is 10.6. The molecule has 19 heavy (non-hydrogen) atoms. The lowest BCUT2D eigenvalue weighted by molar-refractivity contribution is 0.467. The second-order valence-corrected chi connectivity index (χ2v) is 4.57. The van der Waals surface area contributed by atoms with Crippen LogP contribution in [0.4, 0.5) is 5.82 Å². The van der Waals surface area contributed by atoms with E-state index in [0.717, 1.165) is 30.0 Å². The molecule has 0 saturated heterocycles. The van der Waals surface area contributed by atoms with Crippen molar-refractivity contribution in [2.75, 3.05) is 11.4 Å². The highest BCUT2D eigenvalue weighted by Crippen LogP contribution is 2.21. The van der Waals surface area contributed by atoms with Crippen LogP contribution in [-0.2, 0) is 6.54 Å². The minimum absolute atomic E-state index is 0.328. The smallest absolute Gasteiger partial charge is 0.132 e. The standard InChI is InChI=1S/C15H19N3O/c1-3-8-18(15-9-12(2)16-11-17-15)10-13-6-4-5-7-14(13)19/h4-7,9,11,19H,3,8,10H2,1-2H3. The van der Waals surface area contributed by atoms with Crippen LogP contribution in [0.15, 0.2) is 36.7 Å². The van der Waals surface area contributed by atoms with Gasteiger partial charge in [0.05, 0.1) is 0 Å². The Hall–Kier alpha value is -2.10. The molecule has 0 aliphatic rings. The number of rotatable bonds is 5. The van der Waals surface area contributed by atoms with Gasteiger partial charge in [0.25, 0.3) is 0 Å². The molecular formula is C15H19N3O. The predicted octanol–water partition coefficient (Wildman–Crippen LogP) is 2.91. The molecular weight excluding hydrogens is 238 g/mol. The van der Waals surface area contributed by atoms with E-state index in [1.807, 2.05) is 31.2 Å². The quantitative estimate of drug-likeness (QED) is 0.894. The van der Waals surface area contributed by atoms with Crippen LogP contribution in [0.2, 0.25) is 0 Å². The summed E-state index contributed by atoms with van der Waals surface area (Å²) >= 11 is 0. The summed E-state index contributed by atoms with van der Waals surface area (Å²) in [5.74, 6) is 1.23. The molecule has 0 amide bonds. The number of para-hydroxylation sites is 1. The second-order valence-electron chi connectivity index (χ2n) is 4.57. The number of hydrogen-bond acceptors (Lipinski definition) is 4. The highest BCUT2D eigenvalue weighted by molar-refractivity contribution is 5.42. The Kier molecular flexibility index (Phi) is 4.34. The maximum absolute atomic E-state index is 9.87. The molecule has 0 bridgehead atoms. The molecule has 100 valence electrons. The fraction of sp³-hybridized carbons (Fsp3) is 0.333. The van der Waals surface area contributed by atoms with E-state index < -0.39 is 0 Å². The van der Waals surface area contributed by atoms with E-state index in [9.17, 15) is 5.11 Å². The van der Waals surface area contributed by atoms with Crippen LogP contribution >= 0.6 is 0 Å². The minimum Gasteiger partial charge on any atom is -0.508 e. The molecule has 2 rings (SSSR count). The van der Waals surface area contributed by atoms with Crippen molar-refractivity contribution in [2.45, 2.75) is 26.8 Å². The average Bonchev–Trinajstić information content (AvgIpc) is 2.40. The van der Waals surface area contributed by atoms with Gasteiger partial charge < -0.3 is 10.0 Å². The summed E-state index contributed by atoms with van der Waals surface area (Å²) in [5, 5.41) is 9.87. The lowest BCUT2D eigenvalue weighted by Crippen LogP contribution is -2.24. The predicted molar refractivity (Wildman–Crippen MR) is 76.2 cm³/mol. The number of aryl methyl sites for hydroxylation is 1. The van der Waals surface area contributed by atoms with Crippen LogP contribution in [0, 0.1) is 6.92 Å². The zero-order chi connectivity index (χ0) is 13.7. The Morgan fingerprint density at radius 2 is 2.00 bits per heavy atom. The van der Waals surface area contributed by atoms with E-state index in [4.69, 9.17) is 0 Å². The van der Waals surface area contributed by atoms with Crippen LogP contribution in [-0.4, -0.2) is 21.6 Å². The fourth-order valence-electron chi connectivity index (χ4n) is 2.01. The number of nitrogens with zero attached hydrogens (tertiary/aromatic N) is 3. The molecule has 0 fully saturated rings. The molecule has 0 unspecified atom stereocenters. The van der Waals surface area contributed by atoms with Gasteiger partial charge in [-0.05, 0) is 19.4 Å². The Balaban J connectivity index is 2.24. The van der Waals surface area contributed by atoms with E-state index >= 15 is 0 Å². The fourth-order valence-corrected chi connectivity index (χ4v) is 2.01. The van der Waals surface area contributed by atoms with Gasteiger partial charge in [-0.2, -0.15) is 0 Å². The summed E-state index contributed by atoms with van der Waals surface area (Å²) in [6, 6.07) is 9.38. The van der Waals surface area contributed by atoms with Crippen molar-refractivity contribution in [3.05, 3.63) is 47.9 Å². The molecule has 0 saturated carbocycles. The first kappa shape index (κ1) is 13.3. The SMILES string of the molecule is CCCN(Cc1ccccc1O)c1cc(C)ncn1. The summed E-state index contributed by atoms with van der Waals surface area (Å²) in [6.45, 7) is 5.63. The summed E-state index contributed by atoms with van der Waals surface area (Å²) in [5.41, 5.74) is 1.86. The largest absolute Gasteiger partial charge is 0.508 e. The van der Waals surface area contributed by atoms with Gasteiger partial charge in [-0.3, -0.25) is 0 Å². The number of hydrogen-bond donors (Lipinski definition) is 1. The Morgan fingerprint density at radius 1 is 1.21 bits per heavy atom. The summed E-state index contributed by atoms with van der Waals surface area (Å²) in [6.07, 6.45) is 2.61. The van der Waals surface area contributed by atoms with Crippen molar-refractivity contribution < 1.29 is 5.11 Å². The molecule has 1 N–H and O–H groups in total. The maximum Gasteiger partial charge on any atom is 0.132 e. The third-order valence-corrected chi connectivity index (χ3v) is 2.96. The van der Waals surface area contributed by atoms with Crippen molar-refractivity contribution in [1.29, 1.82) is 0 Å². The molecule has 0 aliphatic heterocycles. The Morgan fingerprint density at radius 3 is 2.68 bits per heavy atom. The van der Waals surface area contributed by atoms with Gasteiger partial charge in [0.2, 0.25) is 0 Å². The molecule has 1 aromatic heterocycles. The van der Waals surface area contributed by atoms with Crippen LogP contribution in [0.25, 0.3) is 0 Å². The van der Waals surface area contributed by atoms with Gasteiger partial charge >= 0.3 is 0 Å². The zero-order valence-corrected chi connectivity index (χ0v) is 11.4. The monoisotopic (exact) mass is 257 g/mol. The van der Waals surface area contributed by atoms with Gasteiger partial charge in [-0.15, -0.1) is 0 Å². The summed E-state index contributed by atoms with van der Waals surface area (Å²) in [7, 11) is 0. The first-order valence-corrected chi connectivity index (χ1v) is 6.51. The van der Waals surface area contributed by atoms with Crippen molar-refractivity contribution >= 4 is 5.82 Å². The number of benzene rings is 1. The lowest BCUT2D eigenvalue weighted by Gasteiger charge is -2.23. The zero-order valence-electron chi connectivity index (χ0n) is 11.4. The van der Waals surface area contributed by atoms with Gasteiger partial charge in [0.15, 0.2) is 0 Å². The molecule has 1 heterocycles. The van der Waals surface area contributed by atoms with E-state index in [1.165, 1.54) is 0 Å². The molecule has 1 aromatic carbocycles. The molecule has 0 aliphatic carbocycles. The number of phenols is 1. The highest BCUT2D eigenvalue weighted by atomic mass is 16.3. The lowest BCUT2D eigenvalue weighted by atomic mass is 10.2. The second kappa shape index (κ2) is 6.18. The molecule has 4 heteroatoms. The van der Waals surface area contributed by atoms with E-state index in [1.54, 1.807) is 12.4 Å². The van der Waals surface area contributed by atoms with E-state index in [2.05, 4.69) is 21.8 Å². The van der Waals surface area contributed by atoms with Crippen LogP contribution in [0.5, 0.6) is 5.75 Å². The summed E-state index contributed by atoms with van der Waals surface area (Å²) < 4.78 is 0. The van der Waals surface area contributed by atoms with Gasteiger partial charge in [0.1, 0.15) is 17.9 Å². The normalized spacial score (nSPS) is 10.4. The van der Waals surface area contributed by atoms with Crippen molar-refractivity contribution in [2.24, 2.45) is 0 Å². The third kappa shape index (κ3) is 3.44. The van der Waals surface area contributed by atoms with Crippen LogP contribution in [0.1, 0.15) is 24.6 Å². The van der Waals surface area contributed by atoms with E-state index in [0.29, 0.717) is 12.3 Å². The molecule has 0 radical (unpaired) electrons. The third-order valence-electron chi connectivity index (χ3n) is 2.96. The number of phenolic OH excluding ortho intramolecular Hbond substituents is 1. The molecule has 2 aromatic rings. The molecule has 0 spiro atoms. The van der Waals surface area contributed by atoms with Gasteiger partial charge in [-0.1, -0.05) is 25.1 Å². The highest BCUT2D eigenvalue weighted by Gasteiger charge is 2.10. The van der Waals surface area contributed by atoms with Crippen LogP contribution in [0.3, 0.4) is 0 Å². The van der Waals surface area contributed by atoms with Crippen molar-refractivity contribution in [3.63, 3.8) is 0 Å². The van der Waals surface area contributed by atoms with E-state index in [-0.39, 0.29) is 0 Å². The first-order valence-electron chi connectivity index (χ1n) is 6.51.